The van der Waals surface area contributed by atoms with Crippen LogP contribution in [0.4, 0.5) is 17.1 Å². The molecule has 0 aliphatic heterocycles. The Morgan fingerprint density at radius 3 is 2.18 bits per heavy atom. The number of furan rings is 1. The Morgan fingerprint density at radius 2 is 1.29 bits per heavy atom. The predicted octanol–water partition coefficient (Wildman–Crippen LogP) is 13.9. The summed E-state index contributed by atoms with van der Waals surface area (Å²) in [4.78, 5) is 1.40. The minimum absolute atomic E-state index is 0.107. The average molecular weight is 652 g/mol. The van der Waals surface area contributed by atoms with Crippen LogP contribution < -0.4 is 4.90 Å². The van der Waals surface area contributed by atoms with E-state index in [-0.39, 0.29) is 58.8 Å². The topological polar surface area (TPSA) is 16.4 Å². The molecule has 0 saturated heterocycles. The van der Waals surface area contributed by atoms with Gasteiger partial charge >= 0.3 is 0 Å². The normalized spacial score (nSPS) is 14.0. The van der Waals surface area contributed by atoms with E-state index in [0.717, 1.165) is 30.9 Å². The smallest absolute Gasteiger partial charge is 0.143 e. The fourth-order valence-corrected chi connectivity index (χ4v) is 7.86. The average Bonchev–Trinajstić information content (AvgIpc) is 3.81. The lowest BCUT2D eigenvalue weighted by molar-refractivity contribution is 0.672. The largest absolute Gasteiger partial charge is 0.455 e. The Hall–Kier alpha value is -6.16. The van der Waals surface area contributed by atoms with Gasteiger partial charge in [-0.3, -0.25) is 0 Å². The first-order valence-electron chi connectivity index (χ1n) is 19.9. The molecule has 0 aliphatic rings. The molecule has 0 amide bonds. The zero-order chi connectivity index (χ0) is 39.3. The highest BCUT2D eigenvalue weighted by molar-refractivity contribution is 7.25. The molecule has 230 valence electrons. The summed E-state index contributed by atoms with van der Waals surface area (Å²) >= 11 is 1.59. The van der Waals surface area contributed by atoms with Crippen molar-refractivity contribution >= 4 is 81.3 Å². The second kappa shape index (κ2) is 11.2. The Bertz CT molecular complexity index is 3270. The van der Waals surface area contributed by atoms with Gasteiger partial charge in [-0.15, -0.1) is 11.3 Å². The molecule has 0 aliphatic carbocycles. The quantitative estimate of drug-likeness (QED) is 0.184. The van der Waals surface area contributed by atoms with Crippen molar-refractivity contribution < 1.29 is 15.4 Å². The number of thiophene rings is 1. The van der Waals surface area contributed by atoms with Crippen LogP contribution in [0.25, 0.3) is 75.1 Å². The molecule has 0 atom stereocenters. The van der Waals surface area contributed by atoms with Gasteiger partial charge in [0.15, 0.2) is 0 Å². The van der Waals surface area contributed by atoms with Crippen LogP contribution in [0.15, 0.2) is 180 Å². The number of hydrogen-bond acceptors (Lipinski definition) is 3. The van der Waals surface area contributed by atoms with E-state index in [0.29, 0.717) is 38.8 Å². The first kappa shape index (κ1) is 20.9. The molecule has 0 spiro atoms. The van der Waals surface area contributed by atoms with Crippen molar-refractivity contribution in [3.05, 3.63) is 176 Å². The second-order valence-corrected chi connectivity index (χ2v) is 13.0. The van der Waals surface area contributed by atoms with Crippen molar-refractivity contribution in [2.75, 3.05) is 4.90 Å². The van der Waals surface area contributed by atoms with Crippen LogP contribution >= 0.6 is 11.3 Å². The number of nitrogens with zero attached hydrogens (tertiary/aromatic N) is 1. The van der Waals surface area contributed by atoms with E-state index >= 15 is 0 Å². The molecule has 10 rings (SSSR count). The summed E-state index contributed by atoms with van der Waals surface area (Å²) in [7, 11) is 0. The summed E-state index contributed by atoms with van der Waals surface area (Å²) in [5, 5.41) is 5.24. The monoisotopic (exact) mass is 651 g/mol. The molecule has 0 unspecified atom stereocenters. The van der Waals surface area contributed by atoms with Crippen molar-refractivity contribution in [3.8, 4) is 22.3 Å². The lowest BCUT2D eigenvalue weighted by Crippen LogP contribution is -2.10. The summed E-state index contributed by atoms with van der Waals surface area (Å²) in [5.41, 5.74) is 2.30. The van der Waals surface area contributed by atoms with Gasteiger partial charge in [0, 0.05) is 42.3 Å². The molecule has 2 nitrogen and oxygen atoms in total. The zero-order valence-corrected chi connectivity index (χ0v) is 26.7. The third kappa shape index (κ3) is 4.62. The Kier molecular flexibility index (Phi) is 4.80. The lowest BCUT2D eigenvalue weighted by Gasteiger charge is -2.27. The Labute approximate surface area is 299 Å². The minimum Gasteiger partial charge on any atom is -0.455 e. The fraction of sp³-hybridized carbons (Fsp3) is 0. The van der Waals surface area contributed by atoms with E-state index in [2.05, 4.69) is 6.07 Å². The summed E-state index contributed by atoms with van der Waals surface area (Å²) < 4.78 is 83.7. The maximum Gasteiger partial charge on any atom is 0.143 e. The molecule has 10 aromatic rings. The molecule has 2 aromatic heterocycles. The number of hydrogen-bond donors (Lipinski definition) is 0. The fourth-order valence-electron chi connectivity index (χ4n) is 6.71. The molecule has 0 saturated carbocycles. The number of fused-ring (bicyclic) bond motifs is 8. The van der Waals surface area contributed by atoms with Gasteiger partial charge in [-0.25, -0.2) is 0 Å². The summed E-state index contributed by atoms with van der Waals surface area (Å²) in [6, 6.07) is 36.7. The molecular weight excluding hydrogens is 615 g/mol. The molecule has 8 aromatic carbocycles. The van der Waals surface area contributed by atoms with Gasteiger partial charge in [-0.05, 0) is 82.1 Å². The third-order valence-corrected chi connectivity index (χ3v) is 10.1. The maximum atomic E-state index is 9.68. The van der Waals surface area contributed by atoms with E-state index in [1.807, 2.05) is 78.9 Å². The van der Waals surface area contributed by atoms with Gasteiger partial charge in [0.2, 0.25) is 0 Å². The maximum absolute atomic E-state index is 9.68. The summed E-state index contributed by atoms with van der Waals surface area (Å²) in [5.74, 6) is 0. The van der Waals surface area contributed by atoms with Crippen LogP contribution in [0, 0.1) is 0 Å². The number of anilines is 3. The molecule has 0 fully saturated rings. The van der Waals surface area contributed by atoms with E-state index < -0.39 is 12.1 Å². The van der Waals surface area contributed by atoms with Gasteiger partial charge < -0.3 is 9.32 Å². The first-order chi connectivity index (χ1) is 27.6. The second-order valence-electron chi connectivity index (χ2n) is 11.9. The van der Waals surface area contributed by atoms with Gasteiger partial charge in [0.25, 0.3) is 0 Å². The zero-order valence-electron chi connectivity index (χ0n) is 33.9. The molecular formula is C46H29NOS. The van der Waals surface area contributed by atoms with Crippen LogP contribution in [-0.4, -0.2) is 0 Å². The van der Waals surface area contributed by atoms with Crippen molar-refractivity contribution in [2.45, 2.75) is 0 Å². The molecule has 49 heavy (non-hydrogen) atoms. The van der Waals surface area contributed by atoms with E-state index in [9.17, 15) is 8.22 Å². The number of rotatable bonds is 5. The van der Waals surface area contributed by atoms with Crippen LogP contribution in [-0.2, 0) is 0 Å². The van der Waals surface area contributed by atoms with Crippen LogP contribution in [0.2, 0.25) is 0 Å². The first-order valence-corrected chi connectivity index (χ1v) is 16.8. The van der Waals surface area contributed by atoms with Crippen LogP contribution in [0.3, 0.4) is 0 Å². The third-order valence-electron chi connectivity index (χ3n) is 9.01. The summed E-state index contributed by atoms with van der Waals surface area (Å²) in [6.45, 7) is 0. The van der Waals surface area contributed by atoms with Crippen molar-refractivity contribution in [1.29, 1.82) is 0 Å². The Balaban J connectivity index is 1.30. The van der Waals surface area contributed by atoms with Gasteiger partial charge in [0.05, 0.1) is 22.0 Å². The molecule has 0 N–H and O–H groups in total. The van der Waals surface area contributed by atoms with Gasteiger partial charge in [0.1, 0.15) is 11.2 Å². The van der Waals surface area contributed by atoms with E-state index in [1.54, 1.807) is 53.8 Å². The molecule has 2 heterocycles. The summed E-state index contributed by atoms with van der Waals surface area (Å²) in [6.07, 6.45) is 0. The SMILES string of the molecule is [2H]c1c([2H])c(-c2ccccc2)c([2H])c(N(c2c([2H])c([2H])c(-c3ccc4c(c3)sc3ccccc34)c([2H])c2[2H])c2cccc3oc4c5ccccc5ccc4c23)c1[2H]. The van der Waals surface area contributed by atoms with Crippen LogP contribution in [0.5, 0.6) is 0 Å². The van der Waals surface area contributed by atoms with Crippen molar-refractivity contribution in [3.63, 3.8) is 0 Å². The highest BCUT2D eigenvalue weighted by atomic mass is 32.1. The Morgan fingerprint density at radius 1 is 0.510 bits per heavy atom. The van der Waals surface area contributed by atoms with Gasteiger partial charge in [-0.1, -0.05) is 121 Å². The predicted molar refractivity (Wildman–Crippen MR) is 210 cm³/mol. The van der Waals surface area contributed by atoms with Crippen molar-refractivity contribution in [1.82, 2.24) is 0 Å². The number of benzene rings is 8. The standard InChI is InChI=1S/C46H29NOS/c1-2-10-30(11-3-1)33-13-8-14-36(28-33)47(41-17-9-18-42-45(41)40-27-22-32-12-4-5-15-37(32)46(40)48-42)35-24-20-31(21-25-35)34-23-26-39-38-16-6-7-19-43(38)49-44(39)29-34/h1-29H/i8D,13D,14D,20D,21D,24D,25D,28D. The molecule has 3 heteroatoms. The van der Waals surface area contributed by atoms with Crippen LogP contribution in [0.1, 0.15) is 11.0 Å². The highest BCUT2D eigenvalue weighted by Gasteiger charge is 2.21. The van der Waals surface area contributed by atoms with Gasteiger partial charge in [-0.2, -0.15) is 0 Å². The molecule has 0 radical (unpaired) electrons. The van der Waals surface area contributed by atoms with E-state index in [1.165, 1.54) is 4.90 Å². The lowest BCUT2D eigenvalue weighted by atomic mass is 10.0. The highest BCUT2D eigenvalue weighted by Crippen LogP contribution is 2.45. The molecule has 0 bridgehead atoms. The van der Waals surface area contributed by atoms with Crippen molar-refractivity contribution in [2.24, 2.45) is 0 Å². The minimum atomic E-state index is -0.462. The van der Waals surface area contributed by atoms with E-state index in [4.69, 9.17) is 7.16 Å².